The van der Waals surface area contributed by atoms with Crippen LogP contribution in [0.4, 0.5) is 9.18 Å². The number of aromatic nitrogens is 1. The molecule has 0 saturated carbocycles. The molecule has 0 atom stereocenters. The smallest absolute Gasteiger partial charge is 0.342 e. The quantitative estimate of drug-likeness (QED) is 0.605. The molecule has 0 aliphatic carbocycles. The largest absolute Gasteiger partial charge is 0.361 e. The van der Waals surface area contributed by atoms with Crippen molar-refractivity contribution in [3.05, 3.63) is 70.7 Å². The Balaban J connectivity index is 1.10. The van der Waals surface area contributed by atoms with E-state index in [0.717, 1.165) is 54.5 Å². The maximum atomic E-state index is 13.5. The van der Waals surface area contributed by atoms with Crippen molar-refractivity contribution in [3.8, 4) is 0 Å². The highest BCUT2D eigenvalue weighted by molar-refractivity contribution is 6.01. The number of hydrogen-bond acceptors (Lipinski definition) is 4. The van der Waals surface area contributed by atoms with Crippen LogP contribution in [0.2, 0.25) is 0 Å². The third-order valence-electron chi connectivity index (χ3n) is 7.39. The number of imide groups is 1. The Hall–Kier alpha value is -3.72. The number of likely N-dealkylation sites (tertiary alicyclic amines) is 1. The van der Waals surface area contributed by atoms with Crippen molar-refractivity contribution in [2.75, 3.05) is 19.6 Å². The summed E-state index contributed by atoms with van der Waals surface area (Å²) < 4.78 is 13.5. The molecule has 4 heterocycles. The molecule has 0 bridgehead atoms. The minimum absolute atomic E-state index is 0.183. The van der Waals surface area contributed by atoms with Crippen molar-refractivity contribution < 1.29 is 18.8 Å². The second-order valence-electron chi connectivity index (χ2n) is 9.57. The van der Waals surface area contributed by atoms with Crippen molar-refractivity contribution in [2.45, 2.75) is 38.3 Å². The van der Waals surface area contributed by atoms with Crippen LogP contribution in [0.25, 0.3) is 10.9 Å². The number of piperidine rings is 1. The van der Waals surface area contributed by atoms with Crippen molar-refractivity contribution in [1.29, 1.82) is 0 Å². The highest BCUT2D eigenvalue weighted by atomic mass is 19.1. The van der Waals surface area contributed by atoms with Gasteiger partial charge in [-0.15, -0.1) is 0 Å². The van der Waals surface area contributed by atoms with Gasteiger partial charge in [-0.3, -0.25) is 19.8 Å². The molecule has 6 rings (SSSR count). The molecule has 0 radical (unpaired) electrons. The summed E-state index contributed by atoms with van der Waals surface area (Å²) in [4.78, 5) is 42.1. The second kappa shape index (κ2) is 8.49. The van der Waals surface area contributed by atoms with E-state index in [9.17, 15) is 18.8 Å². The number of rotatable bonds is 4. The van der Waals surface area contributed by atoms with Gasteiger partial charge in [0.1, 0.15) is 5.82 Å². The second-order valence-corrected chi connectivity index (χ2v) is 9.57. The van der Waals surface area contributed by atoms with E-state index in [2.05, 4.69) is 21.3 Å². The fourth-order valence-electron chi connectivity index (χ4n) is 5.56. The highest BCUT2D eigenvalue weighted by Crippen LogP contribution is 2.34. The van der Waals surface area contributed by atoms with Gasteiger partial charge in [-0.25, -0.2) is 19.2 Å². The number of nitrogens with zero attached hydrogens (tertiary/aromatic N) is 3. The number of urea groups is 1. The van der Waals surface area contributed by atoms with Gasteiger partial charge in [0.2, 0.25) is 5.91 Å². The summed E-state index contributed by atoms with van der Waals surface area (Å²) >= 11 is 0. The average Bonchev–Trinajstić information content (AvgIpc) is 3.40. The molecular weight excluding hydrogens is 449 g/mol. The summed E-state index contributed by atoms with van der Waals surface area (Å²) in [5.41, 5.74) is 4.75. The lowest BCUT2D eigenvalue weighted by molar-refractivity contribution is -0.123. The number of aromatic amines is 1. The molecule has 180 valence electrons. The summed E-state index contributed by atoms with van der Waals surface area (Å²) in [5, 5.41) is 6.13. The summed E-state index contributed by atoms with van der Waals surface area (Å²) in [5.74, 6) is -0.316. The molecule has 3 aliphatic rings. The number of benzene rings is 2. The zero-order valence-electron chi connectivity index (χ0n) is 19.2. The van der Waals surface area contributed by atoms with Crippen molar-refractivity contribution in [2.24, 2.45) is 0 Å². The maximum absolute atomic E-state index is 13.5. The van der Waals surface area contributed by atoms with E-state index in [1.807, 2.05) is 24.4 Å². The summed E-state index contributed by atoms with van der Waals surface area (Å²) in [6.45, 7) is 3.25. The van der Waals surface area contributed by atoms with Crippen molar-refractivity contribution in [3.63, 3.8) is 0 Å². The molecular formula is C26H26FN5O3. The Labute approximate surface area is 201 Å². The third kappa shape index (κ3) is 3.95. The normalized spacial score (nSPS) is 19.5. The third-order valence-corrected chi connectivity index (χ3v) is 7.39. The van der Waals surface area contributed by atoms with Crippen LogP contribution < -0.4 is 5.32 Å². The molecule has 9 heteroatoms. The summed E-state index contributed by atoms with van der Waals surface area (Å²) in [7, 11) is 0. The number of H-pyrrole nitrogens is 1. The molecule has 2 fully saturated rings. The molecule has 1 aromatic heterocycles. The lowest BCUT2D eigenvalue weighted by Gasteiger charge is -2.33. The number of hydrazine groups is 1. The van der Waals surface area contributed by atoms with Crippen molar-refractivity contribution >= 4 is 28.7 Å². The first-order valence-corrected chi connectivity index (χ1v) is 12.0. The first-order valence-electron chi connectivity index (χ1n) is 12.0. The van der Waals surface area contributed by atoms with Crippen LogP contribution in [-0.4, -0.2) is 57.4 Å². The predicted molar refractivity (Wildman–Crippen MR) is 127 cm³/mol. The Morgan fingerprint density at radius 1 is 0.971 bits per heavy atom. The first kappa shape index (κ1) is 21.8. The van der Waals surface area contributed by atoms with E-state index >= 15 is 0 Å². The number of halogens is 1. The molecule has 3 aromatic rings. The Morgan fingerprint density at radius 3 is 2.60 bits per heavy atom. The van der Waals surface area contributed by atoms with E-state index in [0.29, 0.717) is 18.0 Å². The molecule has 0 spiro atoms. The number of carbonyl (C=O) groups excluding carboxylic acids is 3. The number of nitrogens with one attached hydrogen (secondary N) is 2. The highest BCUT2D eigenvalue weighted by Gasteiger charge is 2.37. The van der Waals surface area contributed by atoms with Crippen LogP contribution in [0.15, 0.2) is 42.6 Å². The molecule has 35 heavy (non-hydrogen) atoms. The topological polar surface area (TPSA) is 88.8 Å². The SMILES string of the molecule is O=C1CCN(N2Cc3cc(CN4CCC(c5c[nH]c6cc(F)ccc56)CC4)ccc3C2=O)C(=O)N1. The van der Waals surface area contributed by atoms with Crippen LogP contribution in [-0.2, 0) is 17.9 Å². The van der Waals surface area contributed by atoms with E-state index in [1.54, 1.807) is 6.07 Å². The Bertz CT molecular complexity index is 1340. The molecule has 2 N–H and O–H groups in total. The van der Waals surface area contributed by atoms with Gasteiger partial charge >= 0.3 is 6.03 Å². The zero-order chi connectivity index (χ0) is 24.1. The van der Waals surface area contributed by atoms with E-state index in [-0.39, 0.29) is 30.6 Å². The number of amides is 4. The number of hydrogen-bond donors (Lipinski definition) is 2. The Morgan fingerprint density at radius 2 is 1.80 bits per heavy atom. The zero-order valence-corrected chi connectivity index (χ0v) is 19.2. The molecule has 2 aromatic carbocycles. The van der Waals surface area contributed by atoms with E-state index < -0.39 is 6.03 Å². The van der Waals surface area contributed by atoms with Gasteiger partial charge in [0, 0.05) is 35.6 Å². The lowest BCUT2D eigenvalue weighted by atomic mass is 9.89. The summed E-state index contributed by atoms with van der Waals surface area (Å²) in [6, 6.07) is 10.3. The van der Waals surface area contributed by atoms with Gasteiger partial charge in [-0.05, 0) is 72.8 Å². The van der Waals surface area contributed by atoms with Crippen LogP contribution in [0.3, 0.4) is 0 Å². The van der Waals surface area contributed by atoms with Gasteiger partial charge in [-0.1, -0.05) is 12.1 Å². The Kier molecular flexibility index (Phi) is 5.29. The number of carbonyl (C=O) groups is 3. The monoisotopic (exact) mass is 475 g/mol. The fourth-order valence-corrected chi connectivity index (χ4v) is 5.56. The minimum Gasteiger partial charge on any atom is -0.361 e. The first-order chi connectivity index (χ1) is 17.0. The van der Waals surface area contributed by atoms with Gasteiger partial charge < -0.3 is 4.98 Å². The molecule has 2 saturated heterocycles. The lowest BCUT2D eigenvalue weighted by Crippen LogP contribution is -2.56. The molecule has 8 nitrogen and oxygen atoms in total. The van der Waals surface area contributed by atoms with Crippen LogP contribution in [0.1, 0.15) is 52.2 Å². The van der Waals surface area contributed by atoms with Crippen LogP contribution in [0.5, 0.6) is 0 Å². The van der Waals surface area contributed by atoms with E-state index in [4.69, 9.17) is 0 Å². The van der Waals surface area contributed by atoms with Crippen LogP contribution >= 0.6 is 0 Å². The number of fused-ring (bicyclic) bond motifs is 2. The van der Waals surface area contributed by atoms with Gasteiger partial charge in [0.25, 0.3) is 5.91 Å². The summed E-state index contributed by atoms with van der Waals surface area (Å²) in [6.07, 6.45) is 4.27. The predicted octanol–water partition coefficient (Wildman–Crippen LogP) is 3.50. The van der Waals surface area contributed by atoms with Crippen molar-refractivity contribution in [1.82, 2.24) is 25.2 Å². The molecule has 0 unspecified atom stereocenters. The minimum atomic E-state index is -0.550. The van der Waals surface area contributed by atoms with Gasteiger partial charge in [0.05, 0.1) is 13.1 Å². The standard InChI is InChI=1S/C26H26FN5O3/c27-19-2-4-21-22(13-28-23(21)12-19)17-5-8-30(9-6-17)14-16-1-3-20-18(11-16)15-32(25(20)34)31-10-7-24(33)29-26(31)35/h1-4,11-13,17,28H,5-10,14-15H2,(H,29,33,35). The van der Waals surface area contributed by atoms with Gasteiger partial charge in [0.15, 0.2) is 0 Å². The average molecular weight is 476 g/mol. The van der Waals surface area contributed by atoms with E-state index in [1.165, 1.54) is 21.6 Å². The fraction of sp³-hybridized carbons (Fsp3) is 0.346. The molecule has 3 aliphatic heterocycles. The maximum Gasteiger partial charge on any atom is 0.342 e. The molecule has 4 amide bonds. The van der Waals surface area contributed by atoms with Crippen LogP contribution in [0, 0.1) is 5.82 Å². The van der Waals surface area contributed by atoms with Gasteiger partial charge in [-0.2, -0.15) is 0 Å².